The van der Waals surface area contributed by atoms with Gasteiger partial charge in [-0.15, -0.1) is 0 Å². The fourth-order valence-electron chi connectivity index (χ4n) is 2.82. The van der Waals surface area contributed by atoms with Crippen LogP contribution < -0.4 is 4.74 Å². The molecule has 1 atom stereocenters. The minimum absolute atomic E-state index is 0.126. The summed E-state index contributed by atoms with van der Waals surface area (Å²) in [7, 11) is 0. The van der Waals surface area contributed by atoms with Gasteiger partial charge < -0.3 is 14.0 Å². The van der Waals surface area contributed by atoms with Crippen LogP contribution in [0.1, 0.15) is 33.0 Å². The van der Waals surface area contributed by atoms with E-state index >= 15 is 0 Å². The molecule has 1 aromatic carbocycles. The molecule has 0 radical (unpaired) electrons. The van der Waals surface area contributed by atoms with Gasteiger partial charge in [0.05, 0.1) is 11.6 Å². The average molecular weight is 490 g/mol. The molecule has 0 saturated heterocycles. The van der Waals surface area contributed by atoms with Crippen LogP contribution in [-0.4, -0.2) is 46.1 Å². The Labute approximate surface area is 201 Å². The van der Waals surface area contributed by atoms with E-state index in [0.717, 1.165) is 0 Å². The Bertz CT molecular complexity index is 1100. The van der Waals surface area contributed by atoms with Gasteiger partial charge in [0.15, 0.2) is 5.82 Å². The summed E-state index contributed by atoms with van der Waals surface area (Å²) in [4.78, 5) is 20.6. The van der Waals surface area contributed by atoms with Crippen LogP contribution in [-0.2, 0) is 16.1 Å². The number of hydrogen-bond donors (Lipinski definition) is 0. The zero-order chi connectivity index (χ0) is 24.3. The van der Waals surface area contributed by atoms with Gasteiger partial charge in [0, 0.05) is 28.8 Å². The van der Waals surface area contributed by atoms with E-state index in [9.17, 15) is 4.53 Å². The summed E-state index contributed by atoms with van der Waals surface area (Å²) >= 11 is 5.82. The maximum Gasteiger partial charge on any atom is 0.260 e. The van der Waals surface area contributed by atoms with E-state index < -0.39 is 6.04 Å². The van der Waals surface area contributed by atoms with E-state index in [1.54, 1.807) is 36.4 Å². The Morgan fingerprint density at radius 3 is 2.53 bits per heavy atom. The Morgan fingerprint density at radius 2 is 1.88 bits per heavy atom. The molecule has 34 heavy (non-hydrogen) atoms. The van der Waals surface area contributed by atoms with Crippen molar-refractivity contribution in [1.82, 2.24) is 15.1 Å². The molecule has 0 N–H and O–H groups in total. The van der Waals surface area contributed by atoms with Crippen LogP contribution in [0.15, 0.2) is 57.1 Å². The van der Waals surface area contributed by atoms with Crippen molar-refractivity contribution in [3.05, 3.63) is 53.4 Å². The molecule has 1 aliphatic rings. The number of pyridine rings is 1. The lowest BCUT2D eigenvalue weighted by Gasteiger charge is -2.16. The summed E-state index contributed by atoms with van der Waals surface area (Å²) in [6.07, 6.45) is 2.90. The largest absolute Gasteiger partial charge is 0.480 e. The first-order chi connectivity index (χ1) is 16.6. The second kappa shape index (κ2) is 12.6. The summed E-state index contributed by atoms with van der Waals surface area (Å²) in [5.41, 5.74) is 0.688. The number of benzene rings is 1. The molecule has 0 fully saturated rings. The van der Waals surface area contributed by atoms with Gasteiger partial charge in [0.1, 0.15) is 18.3 Å². The fourth-order valence-corrected chi connectivity index (χ4v) is 2.93. The van der Waals surface area contributed by atoms with Crippen LogP contribution >= 0.6 is 11.6 Å². The molecular formula is C23H25ClFN5O4. The summed E-state index contributed by atoms with van der Waals surface area (Å²) in [6.45, 7) is 6.64. The van der Waals surface area contributed by atoms with Crippen molar-refractivity contribution in [2.75, 3.05) is 13.2 Å². The molecule has 0 aliphatic carbocycles. The molecule has 4 rings (SSSR count). The maximum absolute atomic E-state index is 12.8. The predicted molar refractivity (Wildman–Crippen MR) is 126 cm³/mol. The van der Waals surface area contributed by atoms with E-state index in [1.165, 1.54) is 12.6 Å². The van der Waals surface area contributed by atoms with Crippen LogP contribution in [0.25, 0.3) is 11.5 Å². The van der Waals surface area contributed by atoms with Gasteiger partial charge in [-0.05, 0) is 37.3 Å². The summed E-state index contributed by atoms with van der Waals surface area (Å²) in [5, 5.41) is 4.47. The van der Waals surface area contributed by atoms with Crippen LogP contribution in [0.2, 0.25) is 5.02 Å². The van der Waals surface area contributed by atoms with Gasteiger partial charge in [-0.3, -0.25) is 4.94 Å². The number of halogens is 2. The molecule has 3 heterocycles. The summed E-state index contributed by atoms with van der Waals surface area (Å²) in [6, 6.07) is 9.67. The third kappa shape index (κ3) is 6.98. The van der Waals surface area contributed by atoms with Crippen LogP contribution in [0.4, 0.5) is 4.53 Å². The third-order valence-corrected chi connectivity index (χ3v) is 4.44. The topological polar surface area (TPSA) is 104 Å². The first-order valence-corrected chi connectivity index (χ1v) is 11.2. The van der Waals surface area contributed by atoms with Crippen LogP contribution in [0, 0.1) is 0 Å². The van der Waals surface area contributed by atoms with Gasteiger partial charge in [0.25, 0.3) is 11.8 Å². The van der Waals surface area contributed by atoms with Crippen molar-refractivity contribution in [1.29, 1.82) is 0 Å². The van der Waals surface area contributed by atoms with Crippen molar-refractivity contribution >= 4 is 23.4 Å². The molecule has 0 spiro atoms. The van der Waals surface area contributed by atoms with E-state index in [2.05, 4.69) is 43.9 Å². The Hall–Kier alpha value is -3.53. The molecule has 1 aliphatic heterocycles. The summed E-state index contributed by atoms with van der Waals surface area (Å²) < 4.78 is 29.1. The molecule has 2 aromatic heterocycles. The molecule has 0 bridgehead atoms. The average Bonchev–Trinajstić information content (AvgIpc) is 3.30. The zero-order valence-electron chi connectivity index (χ0n) is 19.1. The summed E-state index contributed by atoms with van der Waals surface area (Å²) in [5.74, 6) is 1.89. The minimum atomic E-state index is -0.728. The van der Waals surface area contributed by atoms with Crippen LogP contribution in [0.3, 0.4) is 0 Å². The normalized spacial score (nSPS) is 14.9. The standard InChI is InChI=1S/C20H17ClFN5O4.C3H8/c1-2-28-18-11-24-20(30-22)15(25-18)9-16-26-19(31-27-16)12-3-6-14(7-4-12)29-17-8-5-13(21)10-23-17;1-3-2/h3-8,10,15H,2,9,11H2,1H3;3H2,1-2H3. The first-order valence-electron chi connectivity index (χ1n) is 10.8. The maximum atomic E-state index is 12.8. The number of hydrogen-bond acceptors (Lipinski definition) is 9. The lowest BCUT2D eigenvalue weighted by Crippen LogP contribution is -2.30. The van der Waals surface area contributed by atoms with Crippen molar-refractivity contribution in [3.8, 4) is 23.1 Å². The van der Waals surface area contributed by atoms with Crippen molar-refractivity contribution in [2.24, 2.45) is 9.98 Å². The van der Waals surface area contributed by atoms with Crippen LogP contribution in [0.5, 0.6) is 11.6 Å². The molecule has 180 valence electrons. The van der Waals surface area contributed by atoms with Gasteiger partial charge in [0.2, 0.25) is 11.8 Å². The number of aliphatic imine (C=N–C) groups is 2. The van der Waals surface area contributed by atoms with E-state index in [-0.39, 0.29) is 18.9 Å². The highest BCUT2D eigenvalue weighted by molar-refractivity contribution is 6.30. The third-order valence-electron chi connectivity index (χ3n) is 4.21. The molecular weight excluding hydrogens is 465 g/mol. The predicted octanol–water partition coefficient (Wildman–Crippen LogP) is 5.65. The molecule has 3 aromatic rings. The monoisotopic (exact) mass is 489 g/mol. The Morgan fingerprint density at radius 1 is 1.12 bits per heavy atom. The molecule has 11 heteroatoms. The Kier molecular flexibility index (Phi) is 9.33. The molecule has 9 nitrogen and oxygen atoms in total. The van der Waals surface area contributed by atoms with Crippen molar-refractivity contribution in [2.45, 2.75) is 39.7 Å². The molecule has 0 amide bonds. The highest BCUT2D eigenvalue weighted by Gasteiger charge is 2.26. The second-order valence-electron chi connectivity index (χ2n) is 7.07. The highest BCUT2D eigenvalue weighted by atomic mass is 35.5. The van der Waals surface area contributed by atoms with Gasteiger partial charge in [-0.1, -0.05) is 37.0 Å². The SMILES string of the molecule is CCC.CCOC1=NC(Cc2noc(-c3ccc(Oc4ccc(Cl)cn4)cc3)n2)C(OF)=NC1. The smallest absolute Gasteiger partial charge is 0.260 e. The number of ether oxygens (including phenoxy) is 2. The number of rotatable bonds is 6. The quantitative estimate of drug-likeness (QED) is 0.440. The van der Waals surface area contributed by atoms with E-state index in [1.807, 2.05) is 6.92 Å². The second-order valence-corrected chi connectivity index (χ2v) is 7.51. The lowest BCUT2D eigenvalue weighted by atomic mass is 10.2. The van der Waals surface area contributed by atoms with Gasteiger partial charge in [-0.25, -0.2) is 15.0 Å². The Balaban J connectivity index is 0.00000103. The fraction of sp³-hybridized carbons (Fsp3) is 0.348. The number of nitrogens with zero attached hydrogens (tertiary/aromatic N) is 5. The first kappa shape index (κ1) is 25.1. The number of aromatic nitrogens is 3. The van der Waals surface area contributed by atoms with E-state index in [0.29, 0.717) is 46.4 Å². The zero-order valence-corrected chi connectivity index (χ0v) is 19.8. The lowest BCUT2D eigenvalue weighted by molar-refractivity contribution is -0.0294. The highest BCUT2D eigenvalue weighted by Crippen LogP contribution is 2.25. The molecule has 0 saturated carbocycles. The van der Waals surface area contributed by atoms with Gasteiger partial charge >= 0.3 is 0 Å². The van der Waals surface area contributed by atoms with Crippen molar-refractivity contribution < 1.29 is 23.5 Å². The van der Waals surface area contributed by atoms with Crippen molar-refractivity contribution in [3.63, 3.8) is 0 Å². The van der Waals surface area contributed by atoms with E-state index in [4.69, 9.17) is 25.6 Å². The molecule has 1 unspecified atom stereocenters. The minimum Gasteiger partial charge on any atom is -0.480 e. The van der Waals surface area contributed by atoms with Gasteiger partial charge in [-0.2, -0.15) is 4.98 Å².